The lowest BCUT2D eigenvalue weighted by molar-refractivity contribution is -0.138. The minimum atomic E-state index is -4.60. The van der Waals surface area contributed by atoms with Crippen LogP contribution in [0.1, 0.15) is 30.5 Å². The molecule has 2 aromatic rings. The van der Waals surface area contributed by atoms with Crippen LogP contribution in [0.4, 0.5) is 18.0 Å². The fourth-order valence-electron chi connectivity index (χ4n) is 2.50. The van der Waals surface area contributed by atoms with Crippen molar-refractivity contribution < 1.29 is 32.2 Å². The Kier molecular flexibility index (Phi) is 8.08. The highest BCUT2D eigenvalue weighted by Crippen LogP contribution is 2.34. The van der Waals surface area contributed by atoms with Crippen molar-refractivity contribution in [1.29, 1.82) is 0 Å². The number of hydrogen-bond donors (Lipinski definition) is 2. The van der Waals surface area contributed by atoms with Gasteiger partial charge in [0.1, 0.15) is 18.9 Å². The van der Waals surface area contributed by atoms with Gasteiger partial charge in [0.25, 0.3) is 0 Å². The van der Waals surface area contributed by atoms with Crippen LogP contribution >= 0.6 is 0 Å². The smallest absolute Gasteiger partial charge is 0.416 e. The molecule has 0 aromatic heterocycles. The van der Waals surface area contributed by atoms with E-state index in [1.807, 2.05) is 6.07 Å². The van der Waals surface area contributed by atoms with Gasteiger partial charge in [-0.1, -0.05) is 36.4 Å². The maximum absolute atomic E-state index is 13.3. The van der Waals surface area contributed by atoms with Gasteiger partial charge in [0, 0.05) is 6.54 Å². The quantitative estimate of drug-likeness (QED) is 0.671. The van der Waals surface area contributed by atoms with Gasteiger partial charge in [-0.2, -0.15) is 13.2 Å². The van der Waals surface area contributed by atoms with Crippen LogP contribution in [-0.4, -0.2) is 24.6 Å². The lowest BCUT2D eigenvalue weighted by atomic mass is 10.1. The van der Waals surface area contributed by atoms with Crippen molar-refractivity contribution in [3.05, 3.63) is 65.2 Å². The van der Waals surface area contributed by atoms with Gasteiger partial charge in [0.15, 0.2) is 0 Å². The van der Waals surface area contributed by atoms with Crippen LogP contribution < -0.4 is 15.4 Å². The molecule has 2 rings (SSSR count). The summed E-state index contributed by atoms with van der Waals surface area (Å²) in [5, 5.41) is 4.60. The average Bonchev–Trinajstić information content (AvgIpc) is 2.69. The Hall–Kier alpha value is -3.23. The Labute approximate surface area is 172 Å². The predicted molar refractivity (Wildman–Crippen MR) is 104 cm³/mol. The van der Waals surface area contributed by atoms with Gasteiger partial charge in [-0.3, -0.25) is 4.79 Å². The lowest BCUT2D eigenvalue weighted by Crippen LogP contribution is -2.37. The first-order valence-corrected chi connectivity index (χ1v) is 9.23. The Morgan fingerprint density at radius 2 is 1.73 bits per heavy atom. The van der Waals surface area contributed by atoms with E-state index in [9.17, 15) is 22.8 Å². The minimum absolute atomic E-state index is 0.0357. The summed E-state index contributed by atoms with van der Waals surface area (Å²) in [5.74, 6) is -0.558. The van der Waals surface area contributed by atoms with Crippen molar-refractivity contribution in [3.8, 4) is 5.75 Å². The van der Waals surface area contributed by atoms with Crippen molar-refractivity contribution in [2.75, 3.05) is 6.54 Å². The van der Waals surface area contributed by atoms with Gasteiger partial charge in [-0.15, -0.1) is 0 Å². The summed E-state index contributed by atoms with van der Waals surface area (Å²) in [6.07, 6.45) is -5.68. The molecule has 162 valence electrons. The van der Waals surface area contributed by atoms with Crippen molar-refractivity contribution in [3.63, 3.8) is 0 Å². The maximum atomic E-state index is 13.3. The molecular formula is C21H23F3N2O4. The zero-order chi connectivity index (χ0) is 22.1. The molecule has 0 saturated carbocycles. The van der Waals surface area contributed by atoms with Crippen LogP contribution in [0.2, 0.25) is 0 Å². The number of carbonyl (C=O) groups is 2. The van der Waals surface area contributed by atoms with E-state index in [2.05, 4.69) is 10.6 Å². The third-order valence-electron chi connectivity index (χ3n) is 3.84. The van der Waals surface area contributed by atoms with Crippen molar-refractivity contribution in [1.82, 2.24) is 10.6 Å². The predicted octanol–water partition coefficient (Wildman–Crippen LogP) is 4.04. The number of alkyl halides is 3. The molecule has 0 radical (unpaired) electrons. The first kappa shape index (κ1) is 23.1. The summed E-state index contributed by atoms with van der Waals surface area (Å²) < 4.78 is 50.2. The van der Waals surface area contributed by atoms with Crippen LogP contribution in [0.3, 0.4) is 0 Å². The van der Waals surface area contributed by atoms with Crippen LogP contribution in [0.15, 0.2) is 48.5 Å². The second kappa shape index (κ2) is 10.5. The number of benzene rings is 2. The van der Waals surface area contributed by atoms with Gasteiger partial charge in [0.2, 0.25) is 5.91 Å². The van der Waals surface area contributed by atoms with E-state index in [4.69, 9.17) is 9.47 Å². The molecular weight excluding hydrogens is 401 g/mol. The molecule has 0 fully saturated rings. The SMILES string of the molecule is CC(C)Oc1ccc(CNC(=O)CNC(=O)OCc2ccccc2)c(C(F)(F)F)c1. The lowest BCUT2D eigenvalue weighted by Gasteiger charge is -2.17. The zero-order valence-electron chi connectivity index (χ0n) is 16.6. The molecule has 2 amide bonds. The first-order valence-electron chi connectivity index (χ1n) is 9.23. The Balaban J connectivity index is 1.85. The van der Waals surface area contributed by atoms with Crippen LogP contribution in [0.25, 0.3) is 0 Å². The molecule has 0 spiro atoms. The molecule has 0 bridgehead atoms. The van der Waals surface area contributed by atoms with E-state index < -0.39 is 30.3 Å². The highest BCUT2D eigenvalue weighted by Gasteiger charge is 2.34. The molecule has 30 heavy (non-hydrogen) atoms. The molecule has 2 N–H and O–H groups in total. The van der Waals surface area contributed by atoms with E-state index in [0.717, 1.165) is 11.6 Å². The van der Waals surface area contributed by atoms with Gasteiger partial charge >= 0.3 is 12.3 Å². The first-order chi connectivity index (χ1) is 14.1. The number of alkyl carbamates (subject to hydrolysis) is 1. The standard InChI is InChI=1S/C21H23F3N2O4/c1-14(2)30-17-9-8-16(18(10-17)21(22,23)24)11-25-19(27)12-26-20(28)29-13-15-6-4-3-5-7-15/h3-10,14H,11-13H2,1-2H3,(H,25,27)(H,26,28). The minimum Gasteiger partial charge on any atom is -0.491 e. The molecule has 0 atom stereocenters. The molecule has 0 heterocycles. The van der Waals surface area contributed by atoms with E-state index >= 15 is 0 Å². The van der Waals surface area contributed by atoms with Crippen LogP contribution in [0, 0.1) is 0 Å². The molecule has 0 aliphatic heterocycles. The molecule has 6 nitrogen and oxygen atoms in total. The molecule has 0 aliphatic carbocycles. The Morgan fingerprint density at radius 1 is 1.03 bits per heavy atom. The molecule has 2 aromatic carbocycles. The fraction of sp³-hybridized carbons (Fsp3) is 0.333. The van der Waals surface area contributed by atoms with E-state index in [1.165, 1.54) is 12.1 Å². The zero-order valence-corrected chi connectivity index (χ0v) is 16.6. The highest BCUT2D eigenvalue weighted by molar-refractivity contribution is 5.82. The summed E-state index contributed by atoms with van der Waals surface area (Å²) in [6.45, 7) is 2.67. The van der Waals surface area contributed by atoms with Crippen molar-refractivity contribution in [2.24, 2.45) is 0 Å². The van der Waals surface area contributed by atoms with Gasteiger partial charge < -0.3 is 20.1 Å². The average molecular weight is 424 g/mol. The largest absolute Gasteiger partial charge is 0.491 e. The van der Waals surface area contributed by atoms with Gasteiger partial charge in [-0.05, 0) is 37.1 Å². The summed E-state index contributed by atoms with van der Waals surface area (Å²) in [4.78, 5) is 23.5. The third-order valence-corrected chi connectivity index (χ3v) is 3.84. The fourth-order valence-corrected chi connectivity index (χ4v) is 2.50. The molecule has 0 unspecified atom stereocenters. The number of amides is 2. The Bertz CT molecular complexity index is 855. The molecule has 0 saturated heterocycles. The monoisotopic (exact) mass is 424 g/mol. The van der Waals surface area contributed by atoms with Crippen molar-refractivity contribution >= 4 is 12.0 Å². The number of ether oxygens (including phenoxy) is 2. The molecule has 0 aliphatic rings. The number of hydrogen-bond acceptors (Lipinski definition) is 4. The van der Waals surface area contributed by atoms with Gasteiger partial charge in [-0.25, -0.2) is 4.79 Å². The Morgan fingerprint density at radius 3 is 2.37 bits per heavy atom. The topological polar surface area (TPSA) is 76.7 Å². The highest BCUT2D eigenvalue weighted by atomic mass is 19.4. The van der Waals surface area contributed by atoms with E-state index in [-0.39, 0.29) is 30.6 Å². The van der Waals surface area contributed by atoms with Crippen LogP contribution in [0.5, 0.6) is 5.75 Å². The molecule has 9 heteroatoms. The number of rotatable bonds is 8. The van der Waals surface area contributed by atoms with Crippen molar-refractivity contribution in [2.45, 2.75) is 39.3 Å². The summed E-state index contributed by atoms with van der Waals surface area (Å²) in [7, 11) is 0. The summed E-state index contributed by atoms with van der Waals surface area (Å²) >= 11 is 0. The van der Waals surface area contributed by atoms with E-state index in [0.29, 0.717) is 0 Å². The second-order valence-electron chi connectivity index (χ2n) is 6.68. The maximum Gasteiger partial charge on any atom is 0.416 e. The number of halogens is 3. The van der Waals surface area contributed by atoms with E-state index in [1.54, 1.807) is 38.1 Å². The van der Waals surface area contributed by atoms with Gasteiger partial charge in [0.05, 0.1) is 11.7 Å². The normalized spacial score (nSPS) is 11.1. The summed E-state index contributed by atoms with van der Waals surface area (Å²) in [6, 6.07) is 12.5. The number of carbonyl (C=O) groups excluding carboxylic acids is 2. The summed E-state index contributed by atoms with van der Waals surface area (Å²) in [5.41, 5.74) is -0.225. The second-order valence-corrected chi connectivity index (χ2v) is 6.68. The third kappa shape index (κ3) is 7.65. The number of nitrogens with one attached hydrogen (secondary N) is 2. The van der Waals surface area contributed by atoms with Crippen LogP contribution in [-0.2, 0) is 28.9 Å².